The van der Waals surface area contributed by atoms with Crippen LogP contribution in [0.5, 0.6) is 0 Å². The summed E-state index contributed by atoms with van der Waals surface area (Å²) in [6, 6.07) is 0. The molecule has 0 unspecified atom stereocenters. The largest absolute Gasteiger partial charge is 0.460 e. The molecule has 1 fully saturated rings. The molecule has 0 amide bonds. The maximum atomic E-state index is 11.2. The molecule has 0 aromatic heterocycles. The van der Waals surface area contributed by atoms with E-state index in [1.807, 2.05) is 13.8 Å². The number of allylic oxidation sites excluding steroid dienone is 2. The van der Waals surface area contributed by atoms with Gasteiger partial charge in [-0.05, 0) is 46.5 Å². The molecule has 0 spiro atoms. The van der Waals surface area contributed by atoms with Crippen LogP contribution in [0.1, 0.15) is 53.4 Å². The van der Waals surface area contributed by atoms with Crippen molar-refractivity contribution >= 4 is 5.97 Å². The van der Waals surface area contributed by atoms with E-state index in [1.165, 1.54) is 12.5 Å². The summed E-state index contributed by atoms with van der Waals surface area (Å²) in [6.45, 7) is 11.7. The second-order valence-electron chi connectivity index (χ2n) is 6.82. The minimum Gasteiger partial charge on any atom is -0.460 e. The zero-order valence-electron chi connectivity index (χ0n) is 13.1. The molecule has 20 heavy (non-hydrogen) atoms. The highest BCUT2D eigenvalue weighted by Crippen LogP contribution is 2.44. The smallest absolute Gasteiger partial charge is 0.303 e. The first-order chi connectivity index (χ1) is 9.23. The van der Waals surface area contributed by atoms with E-state index in [0.29, 0.717) is 5.92 Å². The van der Waals surface area contributed by atoms with Crippen LogP contribution in [-0.4, -0.2) is 23.3 Å². The summed E-state index contributed by atoms with van der Waals surface area (Å²) >= 11 is 0. The van der Waals surface area contributed by atoms with E-state index in [0.717, 1.165) is 25.7 Å². The van der Waals surface area contributed by atoms with Crippen molar-refractivity contribution in [1.82, 2.24) is 0 Å². The first-order valence-electron chi connectivity index (χ1n) is 7.46. The van der Waals surface area contributed by atoms with E-state index in [1.54, 1.807) is 0 Å². The lowest BCUT2D eigenvalue weighted by molar-refractivity contribution is -0.236. The third-order valence-corrected chi connectivity index (χ3v) is 4.61. The number of esters is 1. The van der Waals surface area contributed by atoms with E-state index in [2.05, 4.69) is 25.7 Å². The van der Waals surface area contributed by atoms with Gasteiger partial charge in [-0.2, -0.15) is 0 Å². The molecule has 3 heteroatoms. The van der Waals surface area contributed by atoms with Crippen LogP contribution in [0.3, 0.4) is 0 Å². The number of hydrogen-bond acceptors (Lipinski definition) is 3. The Hall–Kier alpha value is -1.09. The minimum absolute atomic E-state index is 0.157. The molecule has 3 atom stereocenters. The highest BCUT2D eigenvalue weighted by Gasteiger charge is 2.48. The van der Waals surface area contributed by atoms with Crippen molar-refractivity contribution in [3.8, 4) is 0 Å². The summed E-state index contributed by atoms with van der Waals surface area (Å²) in [5, 5.41) is 0. The maximum Gasteiger partial charge on any atom is 0.303 e. The van der Waals surface area contributed by atoms with Crippen molar-refractivity contribution in [2.24, 2.45) is 5.92 Å². The Morgan fingerprint density at radius 2 is 2.10 bits per heavy atom. The molecule has 112 valence electrons. The lowest BCUT2D eigenvalue weighted by atomic mass is 9.74. The SMILES string of the molecule is C=C1C=C[C@H]([C@@]2(C)CC[C@H](OC(C)=O)C(C)(C)O2)CC1. The van der Waals surface area contributed by atoms with Gasteiger partial charge in [-0.15, -0.1) is 0 Å². The highest BCUT2D eigenvalue weighted by atomic mass is 16.6. The lowest BCUT2D eigenvalue weighted by Crippen LogP contribution is -2.55. The molecular weight excluding hydrogens is 252 g/mol. The van der Waals surface area contributed by atoms with Crippen molar-refractivity contribution in [3.05, 3.63) is 24.3 Å². The second-order valence-corrected chi connectivity index (χ2v) is 6.82. The number of carbonyl (C=O) groups is 1. The fourth-order valence-corrected chi connectivity index (χ4v) is 3.43. The number of ether oxygens (including phenoxy) is 2. The van der Waals surface area contributed by atoms with Crippen LogP contribution in [0.25, 0.3) is 0 Å². The topological polar surface area (TPSA) is 35.5 Å². The molecule has 0 bridgehead atoms. The molecule has 0 N–H and O–H groups in total. The van der Waals surface area contributed by atoms with E-state index in [4.69, 9.17) is 9.47 Å². The number of rotatable bonds is 2. The van der Waals surface area contributed by atoms with Gasteiger partial charge in [-0.1, -0.05) is 24.3 Å². The van der Waals surface area contributed by atoms with Crippen molar-refractivity contribution in [2.75, 3.05) is 0 Å². The van der Waals surface area contributed by atoms with Gasteiger partial charge in [0.2, 0.25) is 0 Å². The van der Waals surface area contributed by atoms with Crippen molar-refractivity contribution in [2.45, 2.75) is 70.7 Å². The predicted molar refractivity (Wildman–Crippen MR) is 79.4 cm³/mol. The Morgan fingerprint density at radius 1 is 1.40 bits per heavy atom. The fraction of sp³-hybridized carbons (Fsp3) is 0.706. The van der Waals surface area contributed by atoms with Crippen LogP contribution in [0.4, 0.5) is 0 Å². The average molecular weight is 278 g/mol. The predicted octanol–water partition coefficient (Wildman–Crippen LogP) is 3.79. The Bertz CT molecular complexity index is 436. The summed E-state index contributed by atoms with van der Waals surface area (Å²) in [4.78, 5) is 11.2. The van der Waals surface area contributed by atoms with Gasteiger partial charge in [0.15, 0.2) is 0 Å². The molecule has 0 aromatic rings. The molecule has 2 rings (SSSR count). The summed E-state index contributed by atoms with van der Waals surface area (Å²) in [5.41, 5.74) is 0.566. The van der Waals surface area contributed by atoms with Crippen molar-refractivity contribution in [3.63, 3.8) is 0 Å². The van der Waals surface area contributed by atoms with Gasteiger partial charge >= 0.3 is 5.97 Å². The first-order valence-corrected chi connectivity index (χ1v) is 7.46. The van der Waals surface area contributed by atoms with Crippen LogP contribution in [-0.2, 0) is 14.3 Å². The first kappa shape index (κ1) is 15.3. The fourth-order valence-electron chi connectivity index (χ4n) is 3.43. The Labute approximate surface area is 122 Å². The average Bonchev–Trinajstić information content (AvgIpc) is 2.32. The van der Waals surface area contributed by atoms with Crippen LogP contribution >= 0.6 is 0 Å². The Balaban J connectivity index is 2.11. The summed E-state index contributed by atoms with van der Waals surface area (Å²) in [7, 11) is 0. The summed E-state index contributed by atoms with van der Waals surface area (Å²) in [5.74, 6) is 0.176. The Morgan fingerprint density at radius 3 is 2.60 bits per heavy atom. The van der Waals surface area contributed by atoms with E-state index in [-0.39, 0.29) is 17.7 Å². The summed E-state index contributed by atoms with van der Waals surface area (Å²) in [6.07, 6.45) is 8.08. The van der Waals surface area contributed by atoms with Crippen molar-refractivity contribution < 1.29 is 14.3 Å². The second kappa shape index (κ2) is 5.36. The third-order valence-electron chi connectivity index (χ3n) is 4.61. The Kier molecular flexibility index (Phi) is 4.10. The van der Waals surface area contributed by atoms with Crippen LogP contribution in [0.2, 0.25) is 0 Å². The summed E-state index contributed by atoms with van der Waals surface area (Å²) < 4.78 is 11.8. The molecule has 1 aliphatic heterocycles. The molecule has 0 aromatic carbocycles. The molecule has 1 aliphatic carbocycles. The van der Waals surface area contributed by atoms with Gasteiger partial charge in [-0.3, -0.25) is 4.79 Å². The molecule has 0 radical (unpaired) electrons. The number of carbonyl (C=O) groups excluding carboxylic acids is 1. The van der Waals surface area contributed by atoms with E-state index < -0.39 is 5.60 Å². The molecule has 1 heterocycles. The number of hydrogen-bond donors (Lipinski definition) is 0. The molecule has 3 nitrogen and oxygen atoms in total. The van der Waals surface area contributed by atoms with Crippen LogP contribution in [0, 0.1) is 5.92 Å². The highest BCUT2D eigenvalue weighted by molar-refractivity contribution is 5.66. The monoisotopic (exact) mass is 278 g/mol. The minimum atomic E-state index is -0.443. The van der Waals surface area contributed by atoms with Crippen LogP contribution < -0.4 is 0 Å². The van der Waals surface area contributed by atoms with Gasteiger partial charge in [0.25, 0.3) is 0 Å². The quantitative estimate of drug-likeness (QED) is 0.721. The molecule has 1 saturated heterocycles. The van der Waals surface area contributed by atoms with E-state index in [9.17, 15) is 4.79 Å². The zero-order valence-corrected chi connectivity index (χ0v) is 13.1. The van der Waals surface area contributed by atoms with Crippen LogP contribution in [0.15, 0.2) is 24.3 Å². The van der Waals surface area contributed by atoms with Gasteiger partial charge in [0.1, 0.15) is 11.7 Å². The normalized spacial score (nSPS) is 36.7. The van der Waals surface area contributed by atoms with Gasteiger partial charge in [0.05, 0.1) is 5.60 Å². The van der Waals surface area contributed by atoms with Gasteiger partial charge < -0.3 is 9.47 Å². The van der Waals surface area contributed by atoms with E-state index >= 15 is 0 Å². The molecule has 2 aliphatic rings. The lowest BCUT2D eigenvalue weighted by Gasteiger charge is -2.50. The zero-order chi connectivity index (χ0) is 15.0. The molecule has 0 saturated carbocycles. The standard InChI is InChI=1S/C17H26O3/c1-12-6-8-14(9-7-12)17(5)11-10-15(19-13(2)18)16(3,4)20-17/h6,8,14-15H,1,7,9-11H2,2-5H3/t14-,15-,17+/m0/s1. The van der Waals surface area contributed by atoms with Crippen molar-refractivity contribution in [1.29, 1.82) is 0 Å². The van der Waals surface area contributed by atoms with Gasteiger partial charge in [0, 0.05) is 12.8 Å². The maximum absolute atomic E-state index is 11.2. The van der Waals surface area contributed by atoms with Gasteiger partial charge in [-0.25, -0.2) is 0 Å². The third kappa shape index (κ3) is 3.14. The molecular formula is C17H26O3.